The van der Waals surface area contributed by atoms with Crippen molar-refractivity contribution in [1.29, 1.82) is 0 Å². The number of carbonyl (C=O) groups is 3. The van der Waals surface area contributed by atoms with Crippen LogP contribution in [0.25, 0.3) is 0 Å². The van der Waals surface area contributed by atoms with Gasteiger partial charge < -0.3 is 14.8 Å². The molecule has 0 heterocycles. The Bertz CT molecular complexity index is 948. The Hall–Kier alpha value is -3.62. The lowest BCUT2D eigenvalue weighted by Crippen LogP contribution is -2.54. The Morgan fingerprint density at radius 1 is 1.00 bits per heavy atom. The first-order valence-corrected chi connectivity index (χ1v) is 9.74. The van der Waals surface area contributed by atoms with E-state index >= 15 is 0 Å². The highest BCUT2D eigenvalue weighted by Gasteiger charge is 2.26. The van der Waals surface area contributed by atoms with Crippen molar-refractivity contribution in [2.75, 3.05) is 13.7 Å². The maximum atomic E-state index is 13.8. The van der Waals surface area contributed by atoms with Crippen molar-refractivity contribution in [1.82, 2.24) is 16.2 Å². The topological polar surface area (TPSA) is 106 Å². The molecule has 0 radical (unpaired) electrons. The Kier molecular flexibility index (Phi) is 8.36. The maximum Gasteiger partial charge on any atom is 0.269 e. The molecule has 31 heavy (non-hydrogen) atoms. The van der Waals surface area contributed by atoms with Crippen molar-refractivity contribution in [2.24, 2.45) is 5.92 Å². The molecule has 0 saturated heterocycles. The minimum atomic E-state index is -0.998. The second kappa shape index (κ2) is 11.0. The smallest absolute Gasteiger partial charge is 0.269 e. The summed E-state index contributed by atoms with van der Waals surface area (Å²) in [6.07, 6.45) is 0. The second-order valence-corrected chi connectivity index (χ2v) is 6.92. The van der Waals surface area contributed by atoms with E-state index < -0.39 is 29.6 Å². The number of halogens is 1. The van der Waals surface area contributed by atoms with Crippen LogP contribution in [-0.4, -0.2) is 37.5 Å². The molecular formula is C22H26FN3O5. The van der Waals surface area contributed by atoms with E-state index in [0.29, 0.717) is 18.1 Å². The first kappa shape index (κ1) is 23.7. The molecule has 0 bridgehead atoms. The van der Waals surface area contributed by atoms with Gasteiger partial charge in [-0.15, -0.1) is 0 Å². The van der Waals surface area contributed by atoms with Crippen LogP contribution >= 0.6 is 0 Å². The van der Waals surface area contributed by atoms with Crippen LogP contribution in [-0.2, 0) is 4.79 Å². The summed E-state index contributed by atoms with van der Waals surface area (Å²) in [6, 6.07) is 9.05. The summed E-state index contributed by atoms with van der Waals surface area (Å²) in [4.78, 5) is 37.3. The number of rotatable bonds is 8. The second-order valence-electron chi connectivity index (χ2n) is 6.92. The summed E-state index contributed by atoms with van der Waals surface area (Å²) in [7, 11) is 1.45. The van der Waals surface area contributed by atoms with Crippen LogP contribution in [0.2, 0.25) is 0 Å². The molecule has 0 fully saturated rings. The van der Waals surface area contributed by atoms with Gasteiger partial charge in [-0.2, -0.15) is 0 Å². The molecule has 0 aliphatic heterocycles. The van der Waals surface area contributed by atoms with Gasteiger partial charge in [0.1, 0.15) is 11.9 Å². The molecule has 0 saturated carbocycles. The highest BCUT2D eigenvalue weighted by Crippen LogP contribution is 2.27. The van der Waals surface area contributed by atoms with Crippen molar-refractivity contribution >= 4 is 17.7 Å². The fourth-order valence-corrected chi connectivity index (χ4v) is 2.75. The SMILES string of the molecule is CCOc1ccc(C(=O)NNC(=O)C(NC(=O)c2ccccc2F)C(C)C)cc1OC. The van der Waals surface area contributed by atoms with Crippen LogP contribution in [0, 0.1) is 11.7 Å². The Labute approximate surface area is 180 Å². The molecular weight excluding hydrogens is 405 g/mol. The average Bonchev–Trinajstić information content (AvgIpc) is 2.75. The lowest BCUT2D eigenvalue weighted by Gasteiger charge is -2.22. The van der Waals surface area contributed by atoms with Crippen molar-refractivity contribution in [3.05, 3.63) is 59.4 Å². The number of methoxy groups -OCH3 is 1. The monoisotopic (exact) mass is 431 g/mol. The van der Waals surface area contributed by atoms with E-state index in [1.165, 1.54) is 37.4 Å². The third kappa shape index (κ3) is 6.18. The van der Waals surface area contributed by atoms with Gasteiger partial charge in [0.15, 0.2) is 11.5 Å². The number of hydrazine groups is 1. The van der Waals surface area contributed by atoms with Gasteiger partial charge in [-0.1, -0.05) is 26.0 Å². The minimum Gasteiger partial charge on any atom is -0.493 e. The fourth-order valence-electron chi connectivity index (χ4n) is 2.75. The molecule has 2 aromatic rings. The molecule has 3 amide bonds. The highest BCUT2D eigenvalue weighted by atomic mass is 19.1. The lowest BCUT2D eigenvalue weighted by molar-refractivity contribution is -0.124. The molecule has 0 aliphatic rings. The van der Waals surface area contributed by atoms with Gasteiger partial charge in [-0.3, -0.25) is 25.2 Å². The number of benzene rings is 2. The molecule has 166 valence electrons. The number of nitrogens with one attached hydrogen (secondary N) is 3. The van der Waals surface area contributed by atoms with E-state index in [1.807, 2.05) is 6.92 Å². The summed E-state index contributed by atoms with van der Waals surface area (Å²) >= 11 is 0. The predicted molar refractivity (Wildman–Crippen MR) is 112 cm³/mol. The number of amides is 3. The first-order chi connectivity index (χ1) is 14.8. The van der Waals surface area contributed by atoms with Crippen molar-refractivity contribution in [3.63, 3.8) is 0 Å². The van der Waals surface area contributed by atoms with Gasteiger partial charge in [0.25, 0.3) is 17.7 Å². The molecule has 9 heteroatoms. The van der Waals surface area contributed by atoms with Gasteiger partial charge >= 0.3 is 0 Å². The average molecular weight is 431 g/mol. The molecule has 0 aromatic heterocycles. The normalized spacial score (nSPS) is 11.4. The quantitative estimate of drug-likeness (QED) is 0.557. The highest BCUT2D eigenvalue weighted by molar-refractivity contribution is 5.99. The van der Waals surface area contributed by atoms with E-state index in [9.17, 15) is 18.8 Å². The third-order valence-electron chi connectivity index (χ3n) is 4.38. The number of ether oxygens (including phenoxy) is 2. The van der Waals surface area contributed by atoms with Crippen LogP contribution in [0.3, 0.4) is 0 Å². The van der Waals surface area contributed by atoms with Gasteiger partial charge in [0.2, 0.25) is 0 Å². The number of hydrogen-bond acceptors (Lipinski definition) is 5. The summed E-state index contributed by atoms with van der Waals surface area (Å²) in [5, 5.41) is 2.50. The van der Waals surface area contributed by atoms with Crippen LogP contribution in [0.5, 0.6) is 11.5 Å². The lowest BCUT2D eigenvalue weighted by atomic mass is 10.0. The zero-order valence-corrected chi connectivity index (χ0v) is 17.8. The molecule has 1 unspecified atom stereocenters. The standard InChI is InChI=1S/C22H26FN3O5/c1-5-31-17-11-10-14(12-18(17)30-4)20(27)25-26-22(29)19(13(2)3)24-21(28)15-8-6-7-9-16(15)23/h6-13,19H,5H2,1-4H3,(H,24,28)(H,25,27)(H,26,29). The number of carbonyl (C=O) groups excluding carboxylic acids is 3. The summed E-state index contributed by atoms with van der Waals surface area (Å²) in [6.45, 7) is 5.69. The number of hydrogen-bond donors (Lipinski definition) is 3. The van der Waals surface area contributed by atoms with Crippen molar-refractivity contribution in [3.8, 4) is 11.5 Å². The molecule has 3 N–H and O–H groups in total. The molecule has 2 aromatic carbocycles. The van der Waals surface area contributed by atoms with Crippen LogP contribution in [0.4, 0.5) is 4.39 Å². The first-order valence-electron chi connectivity index (χ1n) is 9.74. The van der Waals surface area contributed by atoms with E-state index in [4.69, 9.17) is 9.47 Å². The van der Waals surface area contributed by atoms with Gasteiger partial charge in [0, 0.05) is 5.56 Å². The molecule has 0 aliphatic carbocycles. The zero-order chi connectivity index (χ0) is 23.0. The van der Waals surface area contributed by atoms with E-state index in [-0.39, 0.29) is 17.0 Å². The molecule has 0 spiro atoms. The van der Waals surface area contributed by atoms with Crippen molar-refractivity contribution in [2.45, 2.75) is 26.8 Å². The maximum absolute atomic E-state index is 13.8. The van der Waals surface area contributed by atoms with E-state index in [2.05, 4.69) is 16.2 Å². The Balaban J connectivity index is 2.04. The fraction of sp³-hybridized carbons (Fsp3) is 0.318. The summed E-state index contributed by atoms with van der Waals surface area (Å²) < 4.78 is 24.5. The Morgan fingerprint density at radius 2 is 1.71 bits per heavy atom. The predicted octanol–water partition coefficient (Wildman–Crippen LogP) is 2.45. The third-order valence-corrected chi connectivity index (χ3v) is 4.38. The van der Waals surface area contributed by atoms with Gasteiger partial charge in [-0.05, 0) is 43.2 Å². The zero-order valence-electron chi connectivity index (χ0n) is 17.8. The van der Waals surface area contributed by atoms with Crippen LogP contribution < -0.4 is 25.6 Å². The van der Waals surface area contributed by atoms with Gasteiger partial charge in [-0.25, -0.2) is 4.39 Å². The van der Waals surface area contributed by atoms with Crippen molar-refractivity contribution < 1.29 is 28.2 Å². The minimum absolute atomic E-state index is 0.175. The Morgan fingerprint density at radius 3 is 2.32 bits per heavy atom. The van der Waals surface area contributed by atoms with Gasteiger partial charge in [0.05, 0.1) is 19.3 Å². The molecule has 2 rings (SSSR count). The summed E-state index contributed by atoms with van der Waals surface area (Å²) in [5.74, 6) is -2.11. The van der Waals surface area contributed by atoms with E-state index in [0.717, 1.165) is 6.07 Å². The largest absolute Gasteiger partial charge is 0.493 e. The van der Waals surface area contributed by atoms with E-state index in [1.54, 1.807) is 19.9 Å². The van der Waals surface area contributed by atoms with Crippen LogP contribution in [0.1, 0.15) is 41.5 Å². The molecule has 1 atom stereocenters. The van der Waals surface area contributed by atoms with Crippen LogP contribution in [0.15, 0.2) is 42.5 Å². The summed E-state index contributed by atoms with van der Waals surface area (Å²) in [5.41, 5.74) is 4.65. The molecule has 8 nitrogen and oxygen atoms in total.